The lowest BCUT2D eigenvalue weighted by Gasteiger charge is -2.13. The Kier molecular flexibility index (Phi) is 4.49. The smallest absolute Gasteiger partial charge is 0.269 e. The van der Waals surface area contributed by atoms with Gasteiger partial charge in [0.05, 0.1) is 11.0 Å². The van der Waals surface area contributed by atoms with Gasteiger partial charge >= 0.3 is 0 Å². The quantitative estimate of drug-likeness (QED) is 0.677. The lowest BCUT2D eigenvalue weighted by atomic mass is 10.1. The van der Waals surface area contributed by atoms with Crippen molar-refractivity contribution in [1.29, 1.82) is 0 Å². The Morgan fingerprint density at radius 3 is 2.52 bits per heavy atom. The van der Waals surface area contributed by atoms with Crippen LogP contribution in [-0.4, -0.2) is 10.0 Å². The van der Waals surface area contributed by atoms with Crippen molar-refractivity contribution in [3.8, 4) is 5.75 Å². The largest absolute Gasteiger partial charge is 0.488 e. The van der Waals surface area contributed by atoms with E-state index >= 15 is 0 Å². The van der Waals surface area contributed by atoms with Gasteiger partial charge in [-0.25, -0.2) is 4.39 Å². The third-order valence-corrected chi connectivity index (χ3v) is 2.97. The summed E-state index contributed by atoms with van der Waals surface area (Å²) in [6, 6.07) is 9.80. The number of nitro groups is 1. The molecule has 0 spiro atoms. The van der Waals surface area contributed by atoms with Crippen LogP contribution in [0.25, 0.3) is 0 Å². The van der Waals surface area contributed by atoms with Crippen LogP contribution in [0.4, 0.5) is 10.1 Å². The Morgan fingerprint density at radius 2 is 1.95 bits per heavy atom. The summed E-state index contributed by atoms with van der Waals surface area (Å²) < 4.78 is 18.7. The number of hydrogen-bond donors (Lipinski definition) is 1. The molecule has 2 rings (SSSR count). The maximum Gasteiger partial charge on any atom is 0.269 e. The Bertz CT molecular complexity index is 641. The number of hydrogen-bond acceptors (Lipinski definition) is 4. The van der Waals surface area contributed by atoms with Crippen LogP contribution in [0, 0.1) is 15.9 Å². The standard InChI is InChI=1S/C15H14FNO4/c1-10(18)14-7-4-12(16)8-15(14)21-9-11-2-5-13(6-3-11)17(19)20/h2-8,10,18H,9H2,1H3. The number of nitrogens with zero attached hydrogens (tertiary/aromatic N) is 1. The van der Waals surface area contributed by atoms with Gasteiger partial charge in [-0.1, -0.05) is 0 Å². The lowest BCUT2D eigenvalue weighted by molar-refractivity contribution is -0.384. The van der Waals surface area contributed by atoms with E-state index < -0.39 is 16.8 Å². The van der Waals surface area contributed by atoms with E-state index in [1.54, 1.807) is 19.1 Å². The van der Waals surface area contributed by atoms with E-state index in [1.165, 1.54) is 30.3 Å². The first-order chi connectivity index (χ1) is 9.97. The summed E-state index contributed by atoms with van der Waals surface area (Å²) in [6.45, 7) is 1.69. The van der Waals surface area contributed by atoms with Crippen molar-refractivity contribution < 1.29 is 19.2 Å². The molecule has 0 aliphatic heterocycles. The monoisotopic (exact) mass is 291 g/mol. The van der Waals surface area contributed by atoms with Crippen LogP contribution in [0.5, 0.6) is 5.75 Å². The van der Waals surface area contributed by atoms with Gasteiger partial charge in [0.2, 0.25) is 0 Å². The first-order valence-corrected chi connectivity index (χ1v) is 6.31. The third kappa shape index (κ3) is 3.76. The second-order valence-corrected chi connectivity index (χ2v) is 4.57. The van der Waals surface area contributed by atoms with Crippen LogP contribution in [-0.2, 0) is 6.61 Å². The van der Waals surface area contributed by atoms with Crippen molar-refractivity contribution in [1.82, 2.24) is 0 Å². The van der Waals surface area contributed by atoms with Crippen LogP contribution in [0.1, 0.15) is 24.2 Å². The molecule has 21 heavy (non-hydrogen) atoms. The highest BCUT2D eigenvalue weighted by atomic mass is 19.1. The average Bonchev–Trinajstić information content (AvgIpc) is 2.45. The minimum atomic E-state index is -0.780. The molecule has 0 fully saturated rings. The summed E-state index contributed by atoms with van der Waals surface area (Å²) in [7, 11) is 0. The van der Waals surface area contributed by atoms with Crippen molar-refractivity contribution in [3.63, 3.8) is 0 Å². The number of aliphatic hydroxyl groups excluding tert-OH is 1. The second kappa shape index (κ2) is 6.32. The molecule has 2 aromatic rings. The fourth-order valence-corrected chi connectivity index (χ4v) is 1.85. The second-order valence-electron chi connectivity index (χ2n) is 4.57. The third-order valence-electron chi connectivity index (χ3n) is 2.97. The molecule has 0 heterocycles. The van der Waals surface area contributed by atoms with Crippen molar-refractivity contribution >= 4 is 5.69 Å². The van der Waals surface area contributed by atoms with Gasteiger partial charge in [-0.05, 0) is 36.8 Å². The molecule has 2 aromatic carbocycles. The van der Waals surface area contributed by atoms with Gasteiger partial charge in [-0.15, -0.1) is 0 Å². The van der Waals surface area contributed by atoms with E-state index in [2.05, 4.69) is 0 Å². The number of rotatable bonds is 5. The zero-order valence-corrected chi connectivity index (χ0v) is 11.3. The zero-order valence-electron chi connectivity index (χ0n) is 11.3. The number of benzene rings is 2. The molecule has 0 bridgehead atoms. The van der Waals surface area contributed by atoms with Gasteiger partial charge in [0.1, 0.15) is 18.2 Å². The molecular formula is C15H14FNO4. The summed E-state index contributed by atoms with van der Waals surface area (Å²) >= 11 is 0. The molecule has 1 N–H and O–H groups in total. The Labute approximate surface area is 120 Å². The summed E-state index contributed by atoms with van der Waals surface area (Å²) in [6.07, 6.45) is -0.780. The molecule has 110 valence electrons. The molecule has 0 saturated carbocycles. The van der Waals surface area contributed by atoms with Crippen molar-refractivity contribution in [3.05, 3.63) is 69.5 Å². The number of halogens is 1. The maximum atomic E-state index is 13.2. The van der Waals surface area contributed by atoms with Crippen LogP contribution in [0.2, 0.25) is 0 Å². The van der Waals surface area contributed by atoms with Gasteiger partial charge in [0.25, 0.3) is 5.69 Å². The predicted octanol–water partition coefficient (Wildman–Crippen LogP) is 3.37. The normalized spacial score (nSPS) is 12.0. The minimum Gasteiger partial charge on any atom is -0.488 e. The Morgan fingerprint density at radius 1 is 1.29 bits per heavy atom. The van der Waals surface area contributed by atoms with E-state index in [9.17, 15) is 19.6 Å². The molecule has 0 radical (unpaired) electrons. The van der Waals surface area contributed by atoms with Crippen LogP contribution in [0.3, 0.4) is 0 Å². The molecule has 0 aromatic heterocycles. The Hall–Kier alpha value is -2.47. The first kappa shape index (κ1) is 14.9. The minimum absolute atomic E-state index is 0.00539. The van der Waals surface area contributed by atoms with Crippen LogP contribution < -0.4 is 4.74 Å². The molecule has 0 saturated heterocycles. The highest BCUT2D eigenvalue weighted by molar-refractivity contribution is 5.36. The molecular weight excluding hydrogens is 277 g/mol. The first-order valence-electron chi connectivity index (χ1n) is 6.31. The van der Waals surface area contributed by atoms with Crippen LogP contribution >= 0.6 is 0 Å². The van der Waals surface area contributed by atoms with E-state index in [0.29, 0.717) is 11.1 Å². The van der Waals surface area contributed by atoms with Crippen molar-refractivity contribution in [2.75, 3.05) is 0 Å². The lowest BCUT2D eigenvalue weighted by Crippen LogP contribution is -2.01. The number of aliphatic hydroxyl groups is 1. The maximum absolute atomic E-state index is 13.2. The topological polar surface area (TPSA) is 72.6 Å². The van der Waals surface area contributed by atoms with E-state index in [4.69, 9.17) is 4.74 Å². The predicted molar refractivity (Wildman–Crippen MR) is 74.5 cm³/mol. The van der Waals surface area contributed by atoms with E-state index in [-0.39, 0.29) is 18.0 Å². The van der Waals surface area contributed by atoms with Crippen molar-refractivity contribution in [2.24, 2.45) is 0 Å². The van der Waals surface area contributed by atoms with Gasteiger partial charge in [0.15, 0.2) is 0 Å². The van der Waals surface area contributed by atoms with Gasteiger partial charge < -0.3 is 9.84 Å². The number of non-ortho nitro benzene ring substituents is 1. The van der Waals surface area contributed by atoms with E-state index in [0.717, 1.165) is 0 Å². The summed E-state index contributed by atoms with van der Waals surface area (Å²) in [5.74, 6) is -0.207. The van der Waals surface area contributed by atoms with E-state index in [1.807, 2.05) is 0 Å². The molecule has 0 amide bonds. The highest BCUT2D eigenvalue weighted by Gasteiger charge is 2.11. The number of nitro benzene ring substituents is 1. The fourth-order valence-electron chi connectivity index (χ4n) is 1.85. The molecule has 1 unspecified atom stereocenters. The summed E-state index contributed by atoms with van der Waals surface area (Å²) in [4.78, 5) is 10.1. The zero-order chi connectivity index (χ0) is 15.4. The average molecular weight is 291 g/mol. The molecule has 6 heteroatoms. The summed E-state index contributed by atoms with van der Waals surface area (Å²) in [5, 5.41) is 20.2. The molecule has 5 nitrogen and oxygen atoms in total. The number of ether oxygens (including phenoxy) is 1. The fraction of sp³-hybridized carbons (Fsp3) is 0.200. The van der Waals surface area contributed by atoms with Gasteiger partial charge in [-0.3, -0.25) is 10.1 Å². The van der Waals surface area contributed by atoms with Crippen molar-refractivity contribution in [2.45, 2.75) is 19.6 Å². The van der Waals surface area contributed by atoms with Gasteiger partial charge in [-0.2, -0.15) is 0 Å². The molecule has 0 aliphatic rings. The Balaban J connectivity index is 2.12. The van der Waals surface area contributed by atoms with Crippen LogP contribution in [0.15, 0.2) is 42.5 Å². The SMILES string of the molecule is CC(O)c1ccc(F)cc1OCc1ccc([N+](=O)[O-])cc1. The molecule has 1 atom stereocenters. The highest BCUT2D eigenvalue weighted by Crippen LogP contribution is 2.27. The summed E-state index contributed by atoms with van der Waals surface area (Å²) in [5.41, 5.74) is 1.19. The van der Waals surface area contributed by atoms with Gasteiger partial charge in [0, 0.05) is 23.8 Å². The molecule has 0 aliphatic carbocycles.